The molecule has 104 valence electrons. The summed E-state index contributed by atoms with van der Waals surface area (Å²) in [6.45, 7) is 3.14. The van der Waals surface area contributed by atoms with Crippen LogP contribution in [0.2, 0.25) is 0 Å². The molecule has 3 nitrogen and oxygen atoms in total. The molecule has 0 bridgehead atoms. The van der Waals surface area contributed by atoms with E-state index in [0.29, 0.717) is 30.3 Å². The molecule has 1 aromatic carbocycles. The van der Waals surface area contributed by atoms with E-state index in [1.807, 2.05) is 12.1 Å². The normalized spacial score (nSPS) is 13.3. The van der Waals surface area contributed by atoms with Gasteiger partial charge in [0.1, 0.15) is 13.2 Å². The van der Waals surface area contributed by atoms with Crippen LogP contribution in [0.4, 0.5) is 0 Å². The molecular weight excluding hydrogens is 340 g/mol. The summed E-state index contributed by atoms with van der Waals surface area (Å²) in [5, 5.41) is 0. The van der Waals surface area contributed by atoms with E-state index in [2.05, 4.69) is 22.9 Å². The van der Waals surface area contributed by atoms with Crippen molar-refractivity contribution in [2.24, 2.45) is 0 Å². The molecule has 0 unspecified atom stereocenters. The Morgan fingerprint density at radius 2 is 1.95 bits per heavy atom. The molecule has 0 radical (unpaired) electrons. The maximum absolute atomic E-state index is 12.6. The second kappa shape index (κ2) is 5.58. The summed E-state index contributed by atoms with van der Waals surface area (Å²) >= 11 is 4.98. The van der Waals surface area contributed by atoms with Gasteiger partial charge in [0.15, 0.2) is 11.5 Å². The van der Waals surface area contributed by atoms with Crippen molar-refractivity contribution < 1.29 is 14.3 Å². The van der Waals surface area contributed by atoms with Gasteiger partial charge in [0, 0.05) is 14.9 Å². The number of halogens is 1. The van der Waals surface area contributed by atoms with Gasteiger partial charge in [-0.05, 0) is 46.6 Å². The van der Waals surface area contributed by atoms with Crippen molar-refractivity contribution in [3.8, 4) is 11.5 Å². The molecule has 1 aliphatic rings. The molecule has 5 heteroatoms. The number of benzene rings is 1. The smallest absolute Gasteiger partial charge is 0.204 e. The third-order valence-corrected chi connectivity index (χ3v) is 4.99. The molecule has 0 N–H and O–H groups in total. The summed E-state index contributed by atoms with van der Waals surface area (Å²) in [4.78, 5) is 14.5. The van der Waals surface area contributed by atoms with Gasteiger partial charge in [0.25, 0.3) is 0 Å². The van der Waals surface area contributed by atoms with Gasteiger partial charge in [-0.15, -0.1) is 11.3 Å². The van der Waals surface area contributed by atoms with Crippen LogP contribution >= 0.6 is 27.3 Å². The predicted octanol–water partition coefficient (Wildman–Crippen LogP) is 4.08. The number of rotatable bonds is 3. The third-order valence-electron chi connectivity index (χ3n) is 3.11. The Morgan fingerprint density at radius 1 is 1.25 bits per heavy atom. The quantitative estimate of drug-likeness (QED) is 0.781. The first kappa shape index (κ1) is 13.6. The van der Waals surface area contributed by atoms with Crippen LogP contribution in [0.25, 0.3) is 0 Å². The van der Waals surface area contributed by atoms with E-state index in [-0.39, 0.29) is 5.78 Å². The fraction of sp³-hybridized carbons (Fsp3) is 0.267. The lowest BCUT2D eigenvalue weighted by Gasteiger charge is -2.19. The SMILES string of the molecule is CCc1ccc(C(=O)c2cc3c(cc2Br)OCCO3)s1. The molecule has 0 saturated carbocycles. The maximum Gasteiger partial charge on any atom is 0.204 e. The summed E-state index contributed by atoms with van der Waals surface area (Å²) < 4.78 is 11.8. The number of hydrogen-bond acceptors (Lipinski definition) is 4. The van der Waals surface area contributed by atoms with Crippen LogP contribution in [-0.2, 0) is 6.42 Å². The molecule has 0 atom stereocenters. The molecule has 0 amide bonds. The summed E-state index contributed by atoms with van der Waals surface area (Å²) in [6.07, 6.45) is 0.945. The average molecular weight is 353 g/mol. The van der Waals surface area contributed by atoms with E-state index in [0.717, 1.165) is 15.8 Å². The highest BCUT2D eigenvalue weighted by molar-refractivity contribution is 9.10. The van der Waals surface area contributed by atoms with Crippen molar-refractivity contribution in [2.75, 3.05) is 13.2 Å². The standard InChI is InChI=1S/C15H13BrO3S/c1-2-9-3-4-14(20-9)15(17)10-7-12-13(8-11(10)16)19-6-5-18-12/h3-4,7-8H,2,5-6H2,1H3. The summed E-state index contributed by atoms with van der Waals surface area (Å²) in [6, 6.07) is 7.45. The van der Waals surface area contributed by atoms with E-state index in [1.165, 1.54) is 16.2 Å². The molecule has 2 heterocycles. The summed E-state index contributed by atoms with van der Waals surface area (Å²) in [5.74, 6) is 1.33. The Balaban J connectivity index is 1.98. The number of ketones is 1. The predicted molar refractivity (Wildman–Crippen MR) is 82.3 cm³/mol. The van der Waals surface area contributed by atoms with Crippen LogP contribution in [0.5, 0.6) is 11.5 Å². The first-order chi connectivity index (χ1) is 9.69. The number of thiophene rings is 1. The van der Waals surface area contributed by atoms with Crippen LogP contribution in [-0.4, -0.2) is 19.0 Å². The van der Waals surface area contributed by atoms with E-state index in [1.54, 1.807) is 12.1 Å². The van der Waals surface area contributed by atoms with Crippen LogP contribution in [0.1, 0.15) is 27.0 Å². The van der Waals surface area contributed by atoms with Crippen LogP contribution in [0.15, 0.2) is 28.7 Å². The highest BCUT2D eigenvalue weighted by Gasteiger charge is 2.20. The first-order valence-electron chi connectivity index (χ1n) is 6.41. The van der Waals surface area contributed by atoms with Gasteiger partial charge in [-0.2, -0.15) is 0 Å². The number of ether oxygens (including phenoxy) is 2. The summed E-state index contributed by atoms with van der Waals surface area (Å²) in [7, 11) is 0. The van der Waals surface area contributed by atoms with Gasteiger partial charge in [-0.1, -0.05) is 6.92 Å². The van der Waals surface area contributed by atoms with E-state index < -0.39 is 0 Å². The van der Waals surface area contributed by atoms with Crippen LogP contribution < -0.4 is 9.47 Å². The molecule has 3 rings (SSSR count). The van der Waals surface area contributed by atoms with Crippen molar-refractivity contribution in [1.29, 1.82) is 0 Å². The van der Waals surface area contributed by atoms with Gasteiger partial charge in [0.2, 0.25) is 5.78 Å². The Morgan fingerprint density at radius 3 is 2.60 bits per heavy atom. The lowest BCUT2D eigenvalue weighted by atomic mass is 10.1. The Kier molecular flexibility index (Phi) is 3.81. The first-order valence-corrected chi connectivity index (χ1v) is 8.02. The van der Waals surface area contributed by atoms with Gasteiger partial charge in [-0.3, -0.25) is 4.79 Å². The molecular formula is C15H13BrO3S. The molecule has 1 aromatic heterocycles. The minimum Gasteiger partial charge on any atom is -0.486 e. The zero-order valence-corrected chi connectivity index (χ0v) is 13.3. The van der Waals surface area contributed by atoms with E-state index >= 15 is 0 Å². The minimum absolute atomic E-state index is 0.0125. The maximum atomic E-state index is 12.6. The lowest BCUT2D eigenvalue weighted by Crippen LogP contribution is -2.16. The monoisotopic (exact) mass is 352 g/mol. The Bertz CT molecular complexity index is 663. The highest BCUT2D eigenvalue weighted by Crippen LogP contribution is 2.36. The average Bonchev–Trinajstić information content (AvgIpc) is 2.94. The van der Waals surface area contributed by atoms with Crippen molar-refractivity contribution >= 4 is 33.0 Å². The molecule has 2 aromatic rings. The fourth-order valence-corrected chi connectivity index (χ4v) is 3.46. The zero-order valence-electron chi connectivity index (χ0n) is 10.9. The largest absolute Gasteiger partial charge is 0.486 e. The molecule has 0 fully saturated rings. The number of fused-ring (bicyclic) bond motifs is 1. The molecule has 1 aliphatic heterocycles. The second-order valence-corrected chi connectivity index (χ2v) is 6.45. The van der Waals surface area contributed by atoms with Crippen molar-refractivity contribution in [2.45, 2.75) is 13.3 Å². The van der Waals surface area contributed by atoms with Crippen LogP contribution in [0.3, 0.4) is 0 Å². The van der Waals surface area contributed by atoms with Gasteiger partial charge in [-0.25, -0.2) is 0 Å². The van der Waals surface area contributed by atoms with Crippen LogP contribution in [0, 0.1) is 0 Å². The van der Waals surface area contributed by atoms with Gasteiger partial charge in [0.05, 0.1) is 4.88 Å². The number of carbonyl (C=O) groups is 1. The zero-order chi connectivity index (χ0) is 14.1. The van der Waals surface area contributed by atoms with Crippen molar-refractivity contribution in [3.05, 3.63) is 44.1 Å². The number of aryl methyl sites for hydroxylation is 1. The molecule has 20 heavy (non-hydrogen) atoms. The molecule has 0 saturated heterocycles. The minimum atomic E-state index is 0.0125. The molecule has 0 spiro atoms. The topological polar surface area (TPSA) is 35.5 Å². The lowest BCUT2D eigenvalue weighted by molar-refractivity contribution is 0.104. The summed E-state index contributed by atoms with van der Waals surface area (Å²) in [5.41, 5.74) is 0.610. The Labute approximate surface area is 129 Å². The number of carbonyl (C=O) groups excluding carboxylic acids is 1. The van der Waals surface area contributed by atoms with Crippen molar-refractivity contribution in [3.63, 3.8) is 0 Å². The van der Waals surface area contributed by atoms with Gasteiger partial charge < -0.3 is 9.47 Å². The van der Waals surface area contributed by atoms with Gasteiger partial charge >= 0.3 is 0 Å². The van der Waals surface area contributed by atoms with Crippen molar-refractivity contribution in [1.82, 2.24) is 0 Å². The van der Waals surface area contributed by atoms with E-state index in [9.17, 15) is 4.79 Å². The highest BCUT2D eigenvalue weighted by atomic mass is 79.9. The Hall–Kier alpha value is -1.33. The number of hydrogen-bond donors (Lipinski definition) is 0. The fourth-order valence-electron chi connectivity index (χ4n) is 2.06. The third kappa shape index (κ3) is 2.47. The molecule has 0 aliphatic carbocycles. The van der Waals surface area contributed by atoms with E-state index in [4.69, 9.17) is 9.47 Å². The second-order valence-electron chi connectivity index (χ2n) is 4.42.